The van der Waals surface area contributed by atoms with Gasteiger partial charge in [-0.05, 0) is 55.5 Å². The first-order valence-electron chi connectivity index (χ1n) is 10.2. The van der Waals surface area contributed by atoms with Crippen LogP contribution in [-0.4, -0.2) is 43.2 Å². The fraction of sp³-hybridized carbons (Fsp3) is 0.409. The first-order valence-corrected chi connectivity index (χ1v) is 10.2. The summed E-state index contributed by atoms with van der Waals surface area (Å²) in [5.74, 6) is 1.57. The van der Waals surface area contributed by atoms with Crippen LogP contribution in [0.2, 0.25) is 0 Å². The van der Waals surface area contributed by atoms with Crippen LogP contribution in [0.3, 0.4) is 0 Å². The quantitative estimate of drug-likeness (QED) is 0.687. The molecule has 3 heterocycles. The van der Waals surface area contributed by atoms with Crippen molar-refractivity contribution in [3.8, 4) is 5.69 Å². The molecule has 1 saturated heterocycles. The number of hydrogen-bond acceptors (Lipinski definition) is 3. The maximum Gasteiger partial charge on any atom is 0.227 e. The molecule has 0 spiro atoms. The van der Waals surface area contributed by atoms with Crippen molar-refractivity contribution < 1.29 is 4.79 Å². The Bertz CT molecular complexity index is 940. The van der Waals surface area contributed by atoms with Crippen molar-refractivity contribution in [2.24, 2.45) is 0 Å². The van der Waals surface area contributed by atoms with E-state index in [0.29, 0.717) is 18.4 Å². The van der Waals surface area contributed by atoms with Gasteiger partial charge in [0.25, 0.3) is 0 Å². The highest BCUT2D eigenvalue weighted by molar-refractivity contribution is 5.79. The van der Waals surface area contributed by atoms with Crippen LogP contribution < -0.4 is 0 Å². The van der Waals surface area contributed by atoms with E-state index in [1.807, 2.05) is 35.8 Å². The lowest BCUT2D eigenvalue weighted by Gasteiger charge is -2.32. The van der Waals surface area contributed by atoms with Crippen molar-refractivity contribution in [3.05, 3.63) is 66.5 Å². The summed E-state index contributed by atoms with van der Waals surface area (Å²) in [5.41, 5.74) is 2.17. The Morgan fingerprint density at radius 3 is 2.61 bits per heavy atom. The molecule has 6 nitrogen and oxygen atoms in total. The number of carbonyl (C=O) groups excluding carboxylic acids is 1. The van der Waals surface area contributed by atoms with Gasteiger partial charge in [0.2, 0.25) is 5.91 Å². The Morgan fingerprint density at radius 1 is 1.07 bits per heavy atom. The summed E-state index contributed by atoms with van der Waals surface area (Å²) in [6.45, 7) is 1.60. The first-order chi connectivity index (χ1) is 13.8. The number of amides is 1. The van der Waals surface area contributed by atoms with Gasteiger partial charge < -0.3 is 14.0 Å². The van der Waals surface area contributed by atoms with E-state index in [1.165, 1.54) is 12.8 Å². The molecule has 28 heavy (non-hydrogen) atoms. The van der Waals surface area contributed by atoms with E-state index in [2.05, 4.69) is 43.6 Å². The smallest absolute Gasteiger partial charge is 0.227 e. The Kier molecular flexibility index (Phi) is 4.47. The highest BCUT2D eigenvalue weighted by Gasteiger charge is 2.32. The molecular weight excluding hydrogens is 350 g/mol. The van der Waals surface area contributed by atoms with Crippen molar-refractivity contribution in [1.29, 1.82) is 0 Å². The van der Waals surface area contributed by atoms with Crippen molar-refractivity contribution in [2.75, 3.05) is 13.1 Å². The van der Waals surface area contributed by atoms with Gasteiger partial charge in [-0.15, -0.1) is 10.2 Å². The van der Waals surface area contributed by atoms with E-state index in [9.17, 15) is 4.79 Å². The molecule has 2 aliphatic rings. The van der Waals surface area contributed by atoms with Crippen LogP contribution in [0.5, 0.6) is 0 Å². The van der Waals surface area contributed by atoms with Crippen molar-refractivity contribution in [3.63, 3.8) is 0 Å². The minimum atomic E-state index is 0.205. The van der Waals surface area contributed by atoms with Gasteiger partial charge in [0.1, 0.15) is 12.2 Å². The fourth-order valence-corrected chi connectivity index (χ4v) is 4.17. The lowest BCUT2D eigenvalue weighted by molar-refractivity contribution is -0.131. The molecule has 0 N–H and O–H groups in total. The van der Waals surface area contributed by atoms with Crippen LogP contribution in [0.4, 0.5) is 0 Å². The number of nitrogens with zero attached hydrogens (tertiary/aromatic N) is 5. The van der Waals surface area contributed by atoms with Gasteiger partial charge in [-0.1, -0.05) is 12.1 Å². The van der Waals surface area contributed by atoms with E-state index in [-0.39, 0.29) is 5.91 Å². The number of likely N-dealkylation sites (tertiary alicyclic amines) is 1. The monoisotopic (exact) mass is 375 g/mol. The largest absolute Gasteiger partial charge is 0.342 e. The van der Waals surface area contributed by atoms with Gasteiger partial charge in [-0.25, -0.2) is 0 Å². The summed E-state index contributed by atoms with van der Waals surface area (Å²) >= 11 is 0. The summed E-state index contributed by atoms with van der Waals surface area (Å²) in [6.07, 6.45) is 10.9. The topological polar surface area (TPSA) is 56.0 Å². The predicted molar refractivity (Wildman–Crippen MR) is 106 cm³/mol. The van der Waals surface area contributed by atoms with E-state index in [4.69, 9.17) is 0 Å². The molecule has 6 heteroatoms. The Hall–Kier alpha value is -2.89. The maximum absolute atomic E-state index is 12.9. The highest BCUT2D eigenvalue weighted by Crippen LogP contribution is 2.38. The minimum Gasteiger partial charge on any atom is -0.342 e. The molecular formula is C22H25N5O. The normalized spacial score (nSPS) is 19.7. The molecule has 1 saturated carbocycles. The Balaban J connectivity index is 1.24. The summed E-state index contributed by atoms with van der Waals surface area (Å²) in [7, 11) is 0. The Labute approximate surface area is 164 Å². The number of aromatic nitrogens is 4. The molecule has 1 atom stereocenters. The fourth-order valence-electron chi connectivity index (χ4n) is 4.17. The second-order valence-electron chi connectivity index (χ2n) is 7.94. The third kappa shape index (κ3) is 3.46. The molecule has 0 bridgehead atoms. The van der Waals surface area contributed by atoms with Crippen molar-refractivity contribution >= 4 is 5.91 Å². The van der Waals surface area contributed by atoms with E-state index in [0.717, 1.165) is 43.0 Å². The van der Waals surface area contributed by atoms with E-state index in [1.54, 1.807) is 0 Å². The van der Waals surface area contributed by atoms with Crippen molar-refractivity contribution in [2.45, 2.75) is 44.1 Å². The zero-order valence-corrected chi connectivity index (χ0v) is 15.9. The zero-order chi connectivity index (χ0) is 18.9. The summed E-state index contributed by atoms with van der Waals surface area (Å²) in [5, 5.41) is 8.52. The average molecular weight is 375 g/mol. The first kappa shape index (κ1) is 17.2. The molecule has 1 unspecified atom stereocenters. The SMILES string of the molecule is O=C(Cc1ccc(-n2cccc2)cc1)N1CCCC(c2nncn2C2CC2)C1. The van der Waals surface area contributed by atoms with Crippen LogP contribution in [0, 0.1) is 0 Å². The molecule has 2 fully saturated rings. The van der Waals surface area contributed by atoms with Crippen LogP contribution in [0.15, 0.2) is 55.1 Å². The molecule has 1 aliphatic heterocycles. The number of rotatable bonds is 5. The maximum atomic E-state index is 12.9. The average Bonchev–Trinajstić information content (AvgIpc) is 3.21. The third-order valence-electron chi connectivity index (χ3n) is 5.87. The number of benzene rings is 1. The van der Waals surface area contributed by atoms with Gasteiger partial charge >= 0.3 is 0 Å². The highest BCUT2D eigenvalue weighted by atomic mass is 16.2. The van der Waals surface area contributed by atoms with E-state index < -0.39 is 0 Å². The van der Waals surface area contributed by atoms with Gasteiger partial charge in [0.05, 0.1) is 6.42 Å². The molecule has 1 aliphatic carbocycles. The standard InChI is InChI=1S/C22H25N5O/c28-21(14-17-5-7-19(8-6-17)25-11-1-2-12-25)26-13-3-4-18(15-26)22-24-23-16-27(22)20-9-10-20/h1-2,5-8,11-12,16,18,20H,3-4,9-10,13-15H2. The summed E-state index contributed by atoms with van der Waals surface area (Å²) in [6, 6.07) is 12.8. The second-order valence-corrected chi connectivity index (χ2v) is 7.94. The van der Waals surface area contributed by atoms with Gasteiger partial charge in [0.15, 0.2) is 0 Å². The van der Waals surface area contributed by atoms with Crippen LogP contribution in [0.25, 0.3) is 5.69 Å². The zero-order valence-electron chi connectivity index (χ0n) is 15.9. The van der Waals surface area contributed by atoms with Crippen LogP contribution >= 0.6 is 0 Å². The van der Waals surface area contributed by atoms with Crippen LogP contribution in [-0.2, 0) is 11.2 Å². The molecule has 1 amide bonds. The lowest BCUT2D eigenvalue weighted by Crippen LogP contribution is -2.40. The van der Waals surface area contributed by atoms with Gasteiger partial charge in [0, 0.05) is 43.1 Å². The second kappa shape index (κ2) is 7.26. The third-order valence-corrected chi connectivity index (χ3v) is 5.87. The number of carbonyl (C=O) groups is 1. The molecule has 144 valence electrons. The number of hydrogen-bond donors (Lipinski definition) is 0. The molecule has 2 aromatic heterocycles. The van der Waals surface area contributed by atoms with Gasteiger partial charge in [-0.2, -0.15) is 0 Å². The minimum absolute atomic E-state index is 0.205. The molecule has 0 radical (unpaired) electrons. The summed E-state index contributed by atoms with van der Waals surface area (Å²) in [4.78, 5) is 14.9. The molecule has 5 rings (SSSR count). The van der Waals surface area contributed by atoms with Crippen LogP contribution in [0.1, 0.15) is 49.0 Å². The molecule has 3 aromatic rings. The van der Waals surface area contributed by atoms with Crippen molar-refractivity contribution in [1.82, 2.24) is 24.2 Å². The lowest BCUT2D eigenvalue weighted by atomic mass is 9.96. The summed E-state index contributed by atoms with van der Waals surface area (Å²) < 4.78 is 4.30. The van der Waals surface area contributed by atoms with Gasteiger partial charge in [-0.3, -0.25) is 4.79 Å². The molecule has 1 aromatic carbocycles. The Morgan fingerprint density at radius 2 is 1.86 bits per heavy atom. The predicted octanol–water partition coefficient (Wildman–Crippen LogP) is 3.35. The number of piperidine rings is 1. The van der Waals surface area contributed by atoms with E-state index >= 15 is 0 Å².